The minimum Gasteiger partial charge on any atom is -0.444 e. The van der Waals surface area contributed by atoms with E-state index in [0.717, 1.165) is 36.8 Å². The van der Waals surface area contributed by atoms with Gasteiger partial charge >= 0.3 is 6.09 Å². The summed E-state index contributed by atoms with van der Waals surface area (Å²) < 4.78 is 5.43. The zero-order valence-electron chi connectivity index (χ0n) is 15.2. The van der Waals surface area contributed by atoms with Crippen LogP contribution in [0, 0.1) is 10.1 Å². The van der Waals surface area contributed by atoms with Gasteiger partial charge in [0.2, 0.25) is 0 Å². The zero-order chi connectivity index (χ0) is 18.2. The van der Waals surface area contributed by atoms with Crippen molar-refractivity contribution in [2.75, 3.05) is 13.1 Å². The van der Waals surface area contributed by atoms with Crippen molar-refractivity contribution in [3.05, 3.63) is 39.4 Å². The molecule has 1 aromatic carbocycles. The zero-order valence-corrected chi connectivity index (χ0v) is 15.2. The average Bonchev–Trinajstić information content (AvgIpc) is 3.37. The van der Waals surface area contributed by atoms with E-state index in [1.54, 1.807) is 11.0 Å². The Kier molecular flexibility index (Phi) is 4.71. The lowest BCUT2D eigenvalue weighted by Gasteiger charge is -2.33. The molecule has 1 aliphatic carbocycles. The lowest BCUT2D eigenvalue weighted by Crippen LogP contribution is -2.41. The Bertz CT molecular complexity index is 668. The van der Waals surface area contributed by atoms with Crippen LogP contribution in [0.5, 0.6) is 0 Å². The van der Waals surface area contributed by atoms with Crippen molar-refractivity contribution in [1.82, 2.24) is 4.90 Å². The standard InChI is InChI=1S/C19H26N2O4/c1-19(2,3)25-18(22)20-10-8-13(9-11-20)15-6-7-17(21(23)24)16(12-15)14-4-5-14/h6-7,12-14H,4-5,8-11H2,1-3H3. The molecule has 6 heteroatoms. The van der Waals surface area contributed by atoms with Crippen molar-refractivity contribution in [3.8, 4) is 0 Å². The SMILES string of the molecule is CC(C)(C)OC(=O)N1CCC(c2ccc([N+](=O)[O-])c(C3CC3)c2)CC1. The summed E-state index contributed by atoms with van der Waals surface area (Å²) in [7, 11) is 0. The maximum atomic E-state index is 12.2. The van der Waals surface area contributed by atoms with E-state index in [1.165, 1.54) is 0 Å². The van der Waals surface area contributed by atoms with Crippen molar-refractivity contribution in [3.63, 3.8) is 0 Å². The molecule has 1 saturated heterocycles. The Morgan fingerprint density at radius 3 is 2.32 bits per heavy atom. The van der Waals surface area contributed by atoms with Gasteiger partial charge in [-0.05, 0) is 69.9 Å². The molecule has 136 valence electrons. The molecule has 0 N–H and O–H groups in total. The van der Waals surface area contributed by atoms with Crippen LogP contribution in [0.3, 0.4) is 0 Å². The summed E-state index contributed by atoms with van der Waals surface area (Å²) in [5.41, 5.74) is 1.82. The lowest BCUT2D eigenvalue weighted by atomic mass is 9.88. The van der Waals surface area contributed by atoms with E-state index in [4.69, 9.17) is 4.74 Å². The Morgan fingerprint density at radius 2 is 1.80 bits per heavy atom. The number of nitrogens with zero attached hydrogens (tertiary/aromatic N) is 2. The monoisotopic (exact) mass is 346 g/mol. The summed E-state index contributed by atoms with van der Waals surface area (Å²) in [6, 6.07) is 5.57. The van der Waals surface area contributed by atoms with Gasteiger partial charge in [0, 0.05) is 24.7 Å². The molecule has 1 heterocycles. The third-order valence-corrected chi connectivity index (χ3v) is 4.88. The molecular weight excluding hydrogens is 320 g/mol. The topological polar surface area (TPSA) is 72.7 Å². The maximum Gasteiger partial charge on any atom is 0.410 e. The fraction of sp³-hybridized carbons (Fsp3) is 0.632. The maximum absolute atomic E-state index is 12.2. The van der Waals surface area contributed by atoms with E-state index in [-0.39, 0.29) is 16.7 Å². The highest BCUT2D eigenvalue weighted by Gasteiger charge is 2.32. The summed E-state index contributed by atoms with van der Waals surface area (Å²) in [5, 5.41) is 11.2. The van der Waals surface area contributed by atoms with Gasteiger partial charge in [0.05, 0.1) is 4.92 Å². The summed E-state index contributed by atoms with van der Waals surface area (Å²) in [6.07, 6.45) is 3.55. The number of hydrogen-bond donors (Lipinski definition) is 0. The molecule has 0 radical (unpaired) electrons. The molecule has 1 amide bonds. The van der Waals surface area contributed by atoms with Crippen LogP contribution in [-0.2, 0) is 4.74 Å². The lowest BCUT2D eigenvalue weighted by molar-refractivity contribution is -0.385. The first-order valence-electron chi connectivity index (χ1n) is 9.01. The number of amides is 1. The molecule has 0 unspecified atom stereocenters. The van der Waals surface area contributed by atoms with Crippen LogP contribution in [-0.4, -0.2) is 34.6 Å². The number of nitro groups is 1. The van der Waals surface area contributed by atoms with Crippen LogP contribution in [0.25, 0.3) is 0 Å². The second-order valence-corrected chi connectivity index (χ2v) is 8.09. The van der Waals surface area contributed by atoms with E-state index >= 15 is 0 Å². The van der Waals surface area contributed by atoms with Crippen molar-refractivity contribution in [2.45, 2.75) is 63.9 Å². The molecule has 0 aromatic heterocycles. The molecule has 25 heavy (non-hydrogen) atoms. The molecule has 1 aromatic rings. The van der Waals surface area contributed by atoms with Gasteiger partial charge in [-0.1, -0.05) is 6.07 Å². The molecule has 2 aliphatic rings. The molecule has 0 bridgehead atoms. The molecule has 0 spiro atoms. The second-order valence-electron chi connectivity index (χ2n) is 8.09. The van der Waals surface area contributed by atoms with E-state index < -0.39 is 5.60 Å². The number of carbonyl (C=O) groups is 1. The summed E-state index contributed by atoms with van der Waals surface area (Å²) in [4.78, 5) is 24.9. The first-order valence-corrected chi connectivity index (χ1v) is 9.01. The first-order chi connectivity index (χ1) is 11.7. The third-order valence-electron chi connectivity index (χ3n) is 4.88. The molecule has 2 fully saturated rings. The predicted molar refractivity (Wildman–Crippen MR) is 94.9 cm³/mol. The number of carbonyl (C=O) groups excluding carboxylic acids is 1. The van der Waals surface area contributed by atoms with Crippen molar-refractivity contribution < 1.29 is 14.5 Å². The minimum absolute atomic E-state index is 0.248. The largest absolute Gasteiger partial charge is 0.444 e. The van der Waals surface area contributed by atoms with Gasteiger partial charge in [-0.15, -0.1) is 0 Å². The van der Waals surface area contributed by atoms with Crippen molar-refractivity contribution in [1.29, 1.82) is 0 Å². The van der Waals surface area contributed by atoms with Crippen molar-refractivity contribution in [2.24, 2.45) is 0 Å². The van der Waals surface area contributed by atoms with Crippen LogP contribution in [0.4, 0.5) is 10.5 Å². The van der Waals surface area contributed by atoms with Gasteiger partial charge in [0.15, 0.2) is 0 Å². The quantitative estimate of drug-likeness (QED) is 0.593. The van der Waals surface area contributed by atoms with Gasteiger partial charge < -0.3 is 9.64 Å². The highest BCUT2D eigenvalue weighted by atomic mass is 16.6. The normalized spacial score (nSPS) is 18.9. The van der Waals surface area contributed by atoms with E-state index in [1.807, 2.05) is 32.9 Å². The van der Waals surface area contributed by atoms with Gasteiger partial charge in [0.1, 0.15) is 5.60 Å². The van der Waals surface area contributed by atoms with Crippen LogP contribution in [0.15, 0.2) is 18.2 Å². The number of ether oxygens (including phenoxy) is 1. The van der Waals surface area contributed by atoms with Crippen molar-refractivity contribution >= 4 is 11.8 Å². The van der Waals surface area contributed by atoms with E-state index in [0.29, 0.717) is 24.9 Å². The molecular formula is C19H26N2O4. The number of nitro benzene ring substituents is 1. The van der Waals surface area contributed by atoms with Gasteiger partial charge in [0.25, 0.3) is 5.69 Å². The molecule has 3 rings (SSSR count). The smallest absolute Gasteiger partial charge is 0.410 e. The number of piperidine rings is 1. The fourth-order valence-corrected chi connectivity index (χ4v) is 3.44. The molecule has 6 nitrogen and oxygen atoms in total. The molecule has 1 aliphatic heterocycles. The Balaban J connectivity index is 1.66. The highest BCUT2D eigenvalue weighted by Crippen LogP contribution is 2.45. The summed E-state index contributed by atoms with van der Waals surface area (Å²) in [5.74, 6) is 0.694. The third kappa shape index (κ3) is 4.30. The van der Waals surface area contributed by atoms with Gasteiger partial charge in [-0.2, -0.15) is 0 Å². The Labute approximate surface area is 148 Å². The summed E-state index contributed by atoms with van der Waals surface area (Å²) in [6.45, 7) is 6.93. The first kappa shape index (κ1) is 17.7. The van der Waals surface area contributed by atoms with Crippen LogP contribution in [0.1, 0.15) is 69.4 Å². The number of hydrogen-bond acceptors (Lipinski definition) is 4. The Hall–Kier alpha value is -2.11. The summed E-state index contributed by atoms with van der Waals surface area (Å²) >= 11 is 0. The Morgan fingerprint density at radius 1 is 1.16 bits per heavy atom. The minimum atomic E-state index is -0.481. The highest BCUT2D eigenvalue weighted by molar-refractivity contribution is 5.68. The van der Waals surface area contributed by atoms with Crippen LogP contribution < -0.4 is 0 Å². The second kappa shape index (κ2) is 6.65. The van der Waals surface area contributed by atoms with Gasteiger partial charge in [-0.25, -0.2) is 4.79 Å². The predicted octanol–water partition coefficient (Wildman–Crippen LogP) is 4.59. The molecule has 1 saturated carbocycles. The van der Waals surface area contributed by atoms with Crippen LogP contribution in [0.2, 0.25) is 0 Å². The fourth-order valence-electron chi connectivity index (χ4n) is 3.44. The number of benzene rings is 1. The van der Waals surface area contributed by atoms with E-state index in [2.05, 4.69) is 0 Å². The van der Waals surface area contributed by atoms with E-state index in [9.17, 15) is 14.9 Å². The van der Waals surface area contributed by atoms with Crippen LogP contribution >= 0.6 is 0 Å². The number of likely N-dealkylation sites (tertiary alicyclic amines) is 1. The average molecular weight is 346 g/mol. The van der Waals surface area contributed by atoms with Gasteiger partial charge in [-0.3, -0.25) is 10.1 Å². The molecule has 0 atom stereocenters. The number of rotatable bonds is 3.